The van der Waals surface area contributed by atoms with Gasteiger partial charge in [0.2, 0.25) is 0 Å². The number of fused-ring (bicyclic) bond motifs is 1. The fourth-order valence-electron chi connectivity index (χ4n) is 3.27. The third-order valence-electron chi connectivity index (χ3n) is 4.62. The summed E-state index contributed by atoms with van der Waals surface area (Å²) >= 11 is 0. The summed E-state index contributed by atoms with van der Waals surface area (Å²) in [5, 5.41) is 20.8. The van der Waals surface area contributed by atoms with Gasteiger partial charge >= 0.3 is 0 Å². The summed E-state index contributed by atoms with van der Waals surface area (Å²) in [6.45, 7) is 4.87. The molecular weight excluding hydrogens is 264 g/mol. The van der Waals surface area contributed by atoms with Gasteiger partial charge in [-0.3, -0.25) is 9.55 Å². The van der Waals surface area contributed by atoms with Crippen molar-refractivity contribution in [1.82, 2.24) is 9.55 Å². The van der Waals surface area contributed by atoms with Crippen LogP contribution in [0.25, 0.3) is 0 Å². The monoisotopic (exact) mass is 286 g/mol. The zero-order valence-corrected chi connectivity index (χ0v) is 12.6. The maximum atomic E-state index is 10.4. The second kappa shape index (κ2) is 5.10. The Morgan fingerprint density at radius 2 is 1.86 bits per heavy atom. The van der Waals surface area contributed by atoms with Crippen LogP contribution >= 0.6 is 0 Å². The number of hydrogen-bond acceptors (Lipinski definition) is 3. The fourth-order valence-corrected chi connectivity index (χ4v) is 3.27. The van der Waals surface area contributed by atoms with Gasteiger partial charge in [-0.05, 0) is 25.0 Å². The molecule has 0 atom stereocenters. The van der Waals surface area contributed by atoms with E-state index in [9.17, 15) is 10.2 Å². The molecule has 0 spiro atoms. The van der Waals surface area contributed by atoms with E-state index in [0.717, 1.165) is 29.5 Å². The molecule has 4 nitrogen and oxygen atoms in total. The van der Waals surface area contributed by atoms with Gasteiger partial charge in [0.05, 0.1) is 5.41 Å². The van der Waals surface area contributed by atoms with Crippen LogP contribution in [0.3, 0.4) is 0 Å². The van der Waals surface area contributed by atoms with Crippen molar-refractivity contribution in [3.63, 3.8) is 0 Å². The van der Waals surface area contributed by atoms with E-state index >= 15 is 0 Å². The van der Waals surface area contributed by atoms with E-state index in [1.54, 1.807) is 17.0 Å². The number of nitrogens with zero attached hydrogens (tertiary/aromatic N) is 2. The lowest BCUT2D eigenvalue weighted by Gasteiger charge is -2.16. The molecule has 3 rings (SSSR count). The van der Waals surface area contributed by atoms with E-state index in [4.69, 9.17) is 0 Å². The summed E-state index contributed by atoms with van der Waals surface area (Å²) < 4.78 is 1.64. The highest BCUT2D eigenvalue weighted by Crippen LogP contribution is 2.63. The van der Waals surface area contributed by atoms with E-state index in [-0.39, 0.29) is 17.2 Å². The molecule has 2 aromatic heterocycles. The predicted octanol–water partition coefficient (Wildman–Crippen LogP) is 3.54. The Hall–Kier alpha value is -1.97. The van der Waals surface area contributed by atoms with Crippen molar-refractivity contribution in [3.8, 4) is 11.8 Å². The molecule has 1 aliphatic carbocycles. The van der Waals surface area contributed by atoms with Crippen molar-refractivity contribution >= 4 is 0 Å². The van der Waals surface area contributed by atoms with Crippen LogP contribution in [0, 0.1) is 0 Å². The predicted molar refractivity (Wildman–Crippen MR) is 81.7 cm³/mol. The minimum absolute atomic E-state index is 0.213. The van der Waals surface area contributed by atoms with Crippen LogP contribution in [-0.2, 0) is 12.0 Å². The molecule has 2 heterocycles. The third-order valence-corrected chi connectivity index (χ3v) is 4.62. The molecule has 0 radical (unpaired) electrons. The largest absolute Gasteiger partial charge is 0.494 e. The molecule has 2 aromatic rings. The summed E-state index contributed by atoms with van der Waals surface area (Å²) in [7, 11) is 0. The number of unbranched alkanes of at least 4 members (excludes halogenated alkanes) is 3. The first kappa shape index (κ1) is 14.0. The Kier molecular flexibility index (Phi) is 3.40. The van der Waals surface area contributed by atoms with Crippen LogP contribution in [0.4, 0.5) is 0 Å². The lowest BCUT2D eigenvalue weighted by Crippen LogP contribution is -2.10. The zero-order chi connectivity index (χ0) is 15.0. The molecule has 4 heteroatoms. The molecule has 0 bridgehead atoms. The van der Waals surface area contributed by atoms with Gasteiger partial charge in [0.1, 0.15) is 0 Å². The van der Waals surface area contributed by atoms with Crippen LogP contribution in [-0.4, -0.2) is 19.8 Å². The Morgan fingerprint density at radius 1 is 1.14 bits per heavy atom. The van der Waals surface area contributed by atoms with Gasteiger partial charge in [-0.1, -0.05) is 32.3 Å². The molecule has 2 N–H and O–H groups in total. The van der Waals surface area contributed by atoms with Crippen LogP contribution in [0.5, 0.6) is 11.8 Å². The molecule has 21 heavy (non-hydrogen) atoms. The van der Waals surface area contributed by atoms with Crippen molar-refractivity contribution in [2.24, 2.45) is 0 Å². The quantitative estimate of drug-likeness (QED) is 0.798. The average Bonchev–Trinajstić information content (AvgIpc) is 3.05. The SMILES string of the molecule is CCCCCCn1c(O)c2c(c1O)C2(C)c1cccnc1. The smallest absolute Gasteiger partial charge is 0.198 e. The molecule has 0 saturated carbocycles. The molecule has 0 fully saturated rings. The van der Waals surface area contributed by atoms with E-state index in [1.807, 2.05) is 19.1 Å². The van der Waals surface area contributed by atoms with E-state index in [1.165, 1.54) is 12.8 Å². The first-order valence-corrected chi connectivity index (χ1v) is 7.68. The van der Waals surface area contributed by atoms with E-state index in [0.29, 0.717) is 6.54 Å². The summed E-state index contributed by atoms with van der Waals surface area (Å²) in [6.07, 6.45) is 8.00. The summed E-state index contributed by atoms with van der Waals surface area (Å²) in [5.74, 6) is 0.427. The van der Waals surface area contributed by atoms with Gasteiger partial charge in [-0.15, -0.1) is 0 Å². The Morgan fingerprint density at radius 3 is 2.43 bits per heavy atom. The zero-order valence-electron chi connectivity index (χ0n) is 12.6. The van der Waals surface area contributed by atoms with Crippen molar-refractivity contribution in [1.29, 1.82) is 0 Å². The maximum absolute atomic E-state index is 10.4. The molecule has 0 aliphatic heterocycles. The number of aromatic nitrogens is 2. The first-order valence-electron chi connectivity index (χ1n) is 7.68. The van der Waals surface area contributed by atoms with Gasteiger partial charge in [-0.25, -0.2) is 0 Å². The molecule has 0 aromatic carbocycles. The van der Waals surface area contributed by atoms with E-state index in [2.05, 4.69) is 11.9 Å². The Labute approximate surface area is 125 Å². The fraction of sp³-hybridized carbons (Fsp3) is 0.471. The lowest BCUT2D eigenvalue weighted by molar-refractivity contribution is 0.350. The van der Waals surface area contributed by atoms with Crippen molar-refractivity contribution in [2.45, 2.75) is 51.5 Å². The Bertz CT molecular complexity index is 619. The maximum Gasteiger partial charge on any atom is 0.198 e. The van der Waals surface area contributed by atoms with E-state index < -0.39 is 0 Å². The van der Waals surface area contributed by atoms with Crippen LogP contribution < -0.4 is 0 Å². The Balaban J connectivity index is 1.82. The minimum Gasteiger partial charge on any atom is -0.494 e. The highest BCUT2D eigenvalue weighted by Gasteiger charge is 2.56. The molecular formula is C17H22N2O2. The summed E-state index contributed by atoms with van der Waals surface area (Å²) in [6, 6.07) is 3.86. The third kappa shape index (κ3) is 2.01. The topological polar surface area (TPSA) is 58.3 Å². The molecule has 0 amide bonds. The van der Waals surface area contributed by atoms with Crippen molar-refractivity contribution in [2.75, 3.05) is 0 Å². The first-order chi connectivity index (χ1) is 10.1. The molecule has 1 aliphatic rings. The highest BCUT2D eigenvalue weighted by molar-refractivity contribution is 5.75. The van der Waals surface area contributed by atoms with Gasteiger partial charge in [0.25, 0.3) is 0 Å². The minimum atomic E-state index is -0.373. The lowest BCUT2D eigenvalue weighted by atomic mass is 9.94. The average molecular weight is 286 g/mol. The molecule has 112 valence electrons. The van der Waals surface area contributed by atoms with Gasteiger partial charge in [0.15, 0.2) is 11.8 Å². The molecule has 0 saturated heterocycles. The summed E-state index contributed by atoms with van der Waals surface area (Å²) in [4.78, 5) is 4.14. The summed E-state index contributed by atoms with van der Waals surface area (Å²) in [5.41, 5.74) is 2.34. The standard InChI is InChI=1S/C17H22N2O2/c1-3-4-5-6-10-19-15(20)13-14(16(19)21)17(13,2)12-8-7-9-18-11-12/h7-9,11,20-21H,3-6,10H2,1-2H3. The van der Waals surface area contributed by atoms with Crippen LogP contribution in [0.15, 0.2) is 24.5 Å². The van der Waals surface area contributed by atoms with Gasteiger partial charge in [0, 0.05) is 30.1 Å². The van der Waals surface area contributed by atoms with Crippen LogP contribution in [0.2, 0.25) is 0 Å². The number of rotatable bonds is 6. The second-order valence-corrected chi connectivity index (χ2v) is 5.98. The van der Waals surface area contributed by atoms with Gasteiger partial charge in [-0.2, -0.15) is 0 Å². The number of pyridine rings is 1. The normalized spacial score (nSPS) is 15.0. The number of aromatic hydroxyl groups is 2. The van der Waals surface area contributed by atoms with Crippen molar-refractivity contribution < 1.29 is 10.2 Å². The van der Waals surface area contributed by atoms with Crippen LogP contribution in [0.1, 0.15) is 56.2 Å². The van der Waals surface area contributed by atoms with Gasteiger partial charge < -0.3 is 10.2 Å². The highest BCUT2D eigenvalue weighted by atomic mass is 16.3. The number of hydrogen-bond donors (Lipinski definition) is 2. The van der Waals surface area contributed by atoms with Crippen molar-refractivity contribution in [3.05, 3.63) is 41.2 Å². The second-order valence-electron chi connectivity index (χ2n) is 5.98. The molecule has 0 unspecified atom stereocenters.